The van der Waals surface area contributed by atoms with Gasteiger partial charge in [-0.15, -0.1) is 0 Å². The number of aromatic nitrogens is 1. The minimum absolute atomic E-state index is 0.0588. The maximum atomic E-state index is 12.2. The van der Waals surface area contributed by atoms with E-state index in [1.54, 1.807) is 7.11 Å². The van der Waals surface area contributed by atoms with E-state index in [2.05, 4.69) is 15.6 Å². The molecule has 0 saturated heterocycles. The van der Waals surface area contributed by atoms with Gasteiger partial charge in [-0.25, -0.2) is 4.98 Å². The van der Waals surface area contributed by atoms with Gasteiger partial charge >= 0.3 is 0 Å². The normalized spacial score (nSPS) is 21.5. The molecule has 6 nitrogen and oxygen atoms in total. The number of carbonyl (C=O) groups is 1. The molecule has 1 fully saturated rings. The van der Waals surface area contributed by atoms with Crippen molar-refractivity contribution in [3.63, 3.8) is 0 Å². The molecule has 142 valence electrons. The lowest BCUT2D eigenvalue weighted by Gasteiger charge is -2.29. The highest BCUT2D eigenvalue weighted by Crippen LogP contribution is 2.36. The summed E-state index contributed by atoms with van der Waals surface area (Å²) in [5, 5.41) is 16.4. The quantitative estimate of drug-likeness (QED) is 0.774. The molecule has 2 aromatic rings. The lowest BCUT2D eigenvalue weighted by Crippen LogP contribution is -2.36. The minimum atomic E-state index is -0.317. The van der Waals surface area contributed by atoms with Crippen molar-refractivity contribution < 1.29 is 14.6 Å². The number of benzene rings is 1. The molecular formula is C21H25N3O3. The van der Waals surface area contributed by atoms with Crippen molar-refractivity contribution in [2.75, 3.05) is 12.4 Å². The van der Waals surface area contributed by atoms with Gasteiger partial charge in [0.25, 0.3) is 5.91 Å². The summed E-state index contributed by atoms with van der Waals surface area (Å²) in [7, 11) is 1.58. The summed E-state index contributed by atoms with van der Waals surface area (Å²) in [6, 6.07) is 5.89. The standard InChI is InChI=1S/C21H25N3O3/c1-12-9-19(24-16-5-3-4-6-17(16)25)22-10-14(12)13-7-8-18(27-2)20-15(13)11-23-21(20)26/h7-10,16-17,25H,3-6,11H2,1-2H3,(H,22,24)(H,23,26)/t16?,17-/m1/s1. The number of hydrogen-bond donors (Lipinski definition) is 3. The van der Waals surface area contributed by atoms with Crippen molar-refractivity contribution in [2.24, 2.45) is 0 Å². The van der Waals surface area contributed by atoms with Crippen LogP contribution in [0.25, 0.3) is 11.1 Å². The number of pyridine rings is 1. The Bertz CT molecular complexity index is 881. The number of rotatable bonds is 4. The molecule has 6 heteroatoms. The second-order valence-corrected chi connectivity index (χ2v) is 7.34. The highest BCUT2D eigenvalue weighted by atomic mass is 16.5. The number of anilines is 1. The molecule has 0 bridgehead atoms. The zero-order valence-electron chi connectivity index (χ0n) is 15.7. The van der Waals surface area contributed by atoms with E-state index in [0.29, 0.717) is 17.9 Å². The van der Waals surface area contributed by atoms with Gasteiger partial charge in [0, 0.05) is 18.3 Å². The van der Waals surface area contributed by atoms with Crippen molar-refractivity contribution >= 4 is 11.7 Å². The van der Waals surface area contributed by atoms with E-state index in [0.717, 1.165) is 53.8 Å². The fourth-order valence-electron chi connectivity index (χ4n) is 4.12. The van der Waals surface area contributed by atoms with E-state index in [-0.39, 0.29) is 18.1 Å². The van der Waals surface area contributed by atoms with Crippen LogP contribution in [0.4, 0.5) is 5.82 Å². The zero-order valence-corrected chi connectivity index (χ0v) is 15.7. The van der Waals surface area contributed by atoms with E-state index in [1.165, 1.54) is 0 Å². The smallest absolute Gasteiger partial charge is 0.255 e. The van der Waals surface area contributed by atoms with Crippen molar-refractivity contribution in [1.29, 1.82) is 0 Å². The van der Waals surface area contributed by atoms with Gasteiger partial charge in [-0.1, -0.05) is 18.9 Å². The Kier molecular flexibility index (Phi) is 4.74. The first kappa shape index (κ1) is 17.8. The van der Waals surface area contributed by atoms with E-state index in [4.69, 9.17) is 4.74 Å². The highest BCUT2D eigenvalue weighted by molar-refractivity contribution is 6.03. The summed E-state index contributed by atoms with van der Waals surface area (Å²) >= 11 is 0. The first-order valence-electron chi connectivity index (χ1n) is 9.48. The number of aliphatic hydroxyl groups excluding tert-OH is 1. The maximum Gasteiger partial charge on any atom is 0.255 e. The molecule has 0 radical (unpaired) electrons. The minimum Gasteiger partial charge on any atom is -0.496 e. The average molecular weight is 367 g/mol. The van der Waals surface area contributed by atoms with Crippen molar-refractivity contribution in [1.82, 2.24) is 10.3 Å². The third-order valence-corrected chi connectivity index (χ3v) is 5.61. The molecule has 2 atom stereocenters. The van der Waals surface area contributed by atoms with E-state index >= 15 is 0 Å². The number of aliphatic hydroxyl groups is 1. The fourth-order valence-corrected chi connectivity index (χ4v) is 4.12. The van der Waals surface area contributed by atoms with E-state index in [1.807, 2.05) is 31.3 Å². The summed E-state index contributed by atoms with van der Waals surface area (Å²) < 4.78 is 5.35. The second-order valence-electron chi connectivity index (χ2n) is 7.34. The molecule has 1 unspecified atom stereocenters. The Morgan fingerprint density at radius 1 is 1.26 bits per heavy atom. The predicted molar refractivity (Wildman–Crippen MR) is 104 cm³/mol. The van der Waals surface area contributed by atoms with Crippen LogP contribution in [0, 0.1) is 6.92 Å². The van der Waals surface area contributed by atoms with E-state index < -0.39 is 0 Å². The largest absolute Gasteiger partial charge is 0.496 e. The molecule has 1 saturated carbocycles. The molecule has 2 aliphatic rings. The summed E-state index contributed by atoms with van der Waals surface area (Å²) in [6.45, 7) is 2.54. The Hall–Kier alpha value is -2.60. The third-order valence-electron chi connectivity index (χ3n) is 5.61. The molecule has 1 aliphatic carbocycles. The number of nitrogens with zero attached hydrogens (tertiary/aromatic N) is 1. The van der Waals surface area contributed by atoms with Crippen LogP contribution in [-0.4, -0.2) is 35.3 Å². The number of aryl methyl sites for hydroxylation is 1. The molecule has 1 amide bonds. The molecule has 27 heavy (non-hydrogen) atoms. The van der Waals surface area contributed by atoms with Crippen LogP contribution < -0.4 is 15.4 Å². The van der Waals surface area contributed by atoms with Gasteiger partial charge in [-0.2, -0.15) is 0 Å². The molecule has 4 rings (SSSR count). The van der Waals surface area contributed by atoms with Crippen molar-refractivity contribution in [2.45, 2.75) is 51.3 Å². The first-order chi connectivity index (χ1) is 13.1. The number of ether oxygens (including phenoxy) is 1. The Balaban J connectivity index is 1.65. The summed E-state index contributed by atoms with van der Waals surface area (Å²) in [5.41, 5.74) is 4.64. The monoisotopic (exact) mass is 367 g/mol. The van der Waals surface area contributed by atoms with Crippen molar-refractivity contribution in [3.05, 3.63) is 41.1 Å². The SMILES string of the molecule is COc1ccc(-c2cnc(NC3CCCC[C@H]3O)cc2C)c2c1C(=O)NC2. The molecule has 0 spiro atoms. The van der Waals surface area contributed by atoms with Crippen LogP contribution in [-0.2, 0) is 6.54 Å². The van der Waals surface area contributed by atoms with Gasteiger partial charge < -0.3 is 20.5 Å². The molecule has 1 aromatic heterocycles. The van der Waals surface area contributed by atoms with Crippen molar-refractivity contribution in [3.8, 4) is 16.9 Å². The van der Waals surface area contributed by atoms with Crippen LogP contribution in [0.1, 0.15) is 47.2 Å². The maximum absolute atomic E-state index is 12.2. The predicted octanol–water partition coefficient (Wildman–Crippen LogP) is 3.02. The van der Waals surface area contributed by atoms with Gasteiger partial charge in [0.1, 0.15) is 11.6 Å². The Morgan fingerprint density at radius 2 is 2.07 bits per heavy atom. The lowest BCUT2D eigenvalue weighted by atomic mass is 9.92. The third kappa shape index (κ3) is 3.25. The fraction of sp³-hybridized carbons (Fsp3) is 0.429. The summed E-state index contributed by atoms with van der Waals surface area (Å²) in [6.07, 6.45) is 5.54. The zero-order chi connectivity index (χ0) is 19.0. The van der Waals surface area contributed by atoms with Gasteiger partial charge in [0.2, 0.25) is 0 Å². The summed E-state index contributed by atoms with van der Waals surface area (Å²) in [5.74, 6) is 1.28. The molecule has 2 heterocycles. The van der Waals surface area contributed by atoms with Crippen LogP contribution in [0.15, 0.2) is 24.4 Å². The molecule has 1 aromatic carbocycles. The second kappa shape index (κ2) is 7.19. The Morgan fingerprint density at radius 3 is 2.81 bits per heavy atom. The van der Waals surface area contributed by atoms with Crippen LogP contribution in [0.2, 0.25) is 0 Å². The molecule has 1 aliphatic heterocycles. The van der Waals surface area contributed by atoms with E-state index in [9.17, 15) is 9.90 Å². The van der Waals surface area contributed by atoms with Gasteiger partial charge in [0.15, 0.2) is 0 Å². The number of fused-ring (bicyclic) bond motifs is 1. The van der Waals surface area contributed by atoms with Crippen LogP contribution in [0.3, 0.4) is 0 Å². The van der Waals surface area contributed by atoms with Gasteiger partial charge in [-0.05, 0) is 48.6 Å². The van der Waals surface area contributed by atoms with Crippen LogP contribution >= 0.6 is 0 Å². The number of amides is 1. The topological polar surface area (TPSA) is 83.5 Å². The highest BCUT2D eigenvalue weighted by Gasteiger charge is 2.27. The van der Waals surface area contributed by atoms with Crippen LogP contribution in [0.5, 0.6) is 5.75 Å². The number of carbonyl (C=O) groups excluding carboxylic acids is 1. The molecule has 3 N–H and O–H groups in total. The average Bonchev–Trinajstić information content (AvgIpc) is 3.06. The lowest BCUT2D eigenvalue weighted by molar-refractivity contribution is 0.0963. The number of hydrogen-bond acceptors (Lipinski definition) is 5. The number of methoxy groups -OCH3 is 1. The molecular weight excluding hydrogens is 342 g/mol. The van der Waals surface area contributed by atoms with Gasteiger partial charge in [0.05, 0.1) is 24.8 Å². The Labute approximate surface area is 159 Å². The first-order valence-corrected chi connectivity index (χ1v) is 9.48. The van der Waals surface area contributed by atoms with Gasteiger partial charge in [-0.3, -0.25) is 4.79 Å². The summed E-state index contributed by atoms with van der Waals surface area (Å²) in [4.78, 5) is 16.8. The number of nitrogens with one attached hydrogen (secondary N) is 2.